The van der Waals surface area contributed by atoms with Gasteiger partial charge in [-0.05, 0) is 44.0 Å². The van der Waals surface area contributed by atoms with Gasteiger partial charge < -0.3 is 0 Å². The van der Waals surface area contributed by atoms with Gasteiger partial charge in [0.1, 0.15) is 0 Å². The number of aryl methyl sites for hydroxylation is 1. The number of allylic oxidation sites excluding steroid dienone is 1. The van der Waals surface area contributed by atoms with Gasteiger partial charge in [-0.3, -0.25) is 4.79 Å². The molecule has 0 spiro atoms. The Morgan fingerprint density at radius 1 is 1.18 bits per heavy atom. The Hall–Kier alpha value is -2.49. The van der Waals surface area contributed by atoms with Crippen LogP contribution in [0.15, 0.2) is 60.0 Å². The highest BCUT2D eigenvalue weighted by atomic mass is 32.2. The van der Waals surface area contributed by atoms with Gasteiger partial charge in [-0.1, -0.05) is 54.2 Å². The van der Waals surface area contributed by atoms with Gasteiger partial charge in [-0.15, -0.1) is 12.3 Å². The normalized spacial score (nSPS) is 10.9. The number of hydrogen-bond donors (Lipinski definition) is 0. The number of carbonyl (C=O) groups excluding carboxylic acids is 1. The van der Waals surface area contributed by atoms with Gasteiger partial charge in [0.25, 0.3) is 15.3 Å². The summed E-state index contributed by atoms with van der Waals surface area (Å²) in [4.78, 5) is 13.1. The van der Waals surface area contributed by atoms with Crippen LogP contribution in [0, 0.1) is 19.3 Å². The van der Waals surface area contributed by atoms with Gasteiger partial charge >= 0.3 is 0 Å². The predicted molar refractivity (Wildman–Crippen MR) is 118 cm³/mol. The predicted octanol–water partition coefficient (Wildman–Crippen LogP) is 5.49. The topological polar surface area (TPSA) is 54.5 Å². The molecule has 0 fully saturated rings. The number of rotatable bonds is 7. The van der Waals surface area contributed by atoms with Gasteiger partial charge in [-0.25, -0.2) is 8.42 Å². The summed E-state index contributed by atoms with van der Waals surface area (Å²) in [5.74, 6) is 2.96. The molecule has 0 saturated carbocycles. The van der Waals surface area contributed by atoms with Crippen molar-refractivity contribution >= 4 is 38.3 Å². The maximum atomic E-state index is 13.4. The molecule has 1 amide bonds. The molecule has 0 aliphatic carbocycles. The lowest BCUT2D eigenvalue weighted by molar-refractivity contribution is 0.267. The quantitative estimate of drug-likeness (QED) is 0.445. The second-order valence-electron chi connectivity index (χ2n) is 6.30. The Bertz CT molecular complexity index is 1000. The molecule has 0 aromatic heterocycles. The average Bonchev–Trinajstić information content (AvgIpc) is 2.66. The standard InChI is InChI=1S/C22H23NO3S2/c1-5-6-9-16-27-22(24)23(21-11-8-7-10-20(21)17(2)3)28(25,26)19-14-12-18(4)13-15-19/h1,7-8,10-15H,2,6,9,16H2,3-4H3. The van der Waals surface area contributed by atoms with Crippen LogP contribution in [0.3, 0.4) is 0 Å². The smallest absolute Gasteiger partial charge is 0.260 e. The number of nitrogens with zero attached hydrogens (tertiary/aromatic N) is 1. The van der Waals surface area contributed by atoms with Gasteiger partial charge in [0.15, 0.2) is 0 Å². The maximum absolute atomic E-state index is 13.4. The molecule has 4 nitrogen and oxygen atoms in total. The van der Waals surface area contributed by atoms with Crippen molar-refractivity contribution in [3.63, 3.8) is 0 Å². The van der Waals surface area contributed by atoms with E-state index < -0.39 is 15.3 Å². The molecule has 0 unspecified atom stereocenters. The number of amides is 1. The first-order valence-corrected chi connectivity index (χ1v) is 11.2. The Labute approximate surface area is 171 Å². The molecular weight excluding hydrogens is 390 g/mol. The van der Waals surface area contributed by atoms with Crippen LogP contribution in [0.5, 0.6) is 0 Å². The van der Waals surface area contributed by atoms with Crippen LogP contribution in [0.2, 0.25) is 0 Å². The highest BCUT2D eigenvalue weighted by molar-refractivity contribution is 8.15. The van der Waals surface area contributed by atoms with Crippen molar-refractivity contribution in [2.24, 2.45) is 0 Å². The SMILES string of the molecule is C#CCCCSC(=O)N(c1ccccc1C(=C)C)S(=O)(=O)c1ccc(C)cc1. The molecule has 0 bridgehead atoms. The third kappa shape index (κ3) is 5.06. The zero-order chi connectivity index (χ0) is 20.7. The molecule has 2 rings (SSSR count). The Morgan fingerprint density at radius 2 is 1.82 bits per heavy atom. The van der Waals surface area contributed by atoms with Crippen LogP contribution < -0.4 is 4.31 Å². The van der Waals surface area contributed by atoms with Crippen molar-refractivity contribution in [1.29, 1.82) is 0 Å². The number of hydrogen-bond acceptors (Lipinski definition) is 4. The van der Waals surface area contributed by atoms with Gasteiger partial charge in [0.2, 0.25) is 0 Å². The monoisotopic (exact) mass is 413 g/mol. The molecule has 0 aliphatic heterocycles. The summed E-state index contributed by atoms with van der Waals surface area (Å²) >= 11 is 0.947. The third-order valence-electron chi connectivity index (χ3n) is 4.00. The van der Waals surface area contributed by atoms with E-state index in [1.54, 1.807) is 43.3 Å². The minimum atomic E-state index is -4.09. The summed E-state index contributed by atoms with van der Waals surface area (Å²) in [5, 5.41) is -0.564. The molecule has 2 aromatic rings. The largest absolute Gasteiger partial charge is 0.300 e. The van der Waals surface area contributed by atoms with E-state index in [2.05, 4.69) is 12.5 Å². The summed E-state index contributed by atoms with van der Waals surface area (Å²) in [5.41, 5.74) is 2.51. The number of thioether (sulfide) groups is 1. The van der Waals surface area contributed by atoms with Crippen LogP contribution >= 0.6 is 11.8 Å². The fourth-order valence-corrected chi connectivity index (χ4v) is 4.98. The van der Waals surface area contributed by atoms with E-state index in [0.717, 1.165) is 21.6 Å². The molecule has 2 aromatic carbocycles. The van der Waals surface area contributed by atoms with E-state index in [-0.39, 0.29) is 4.90 Å². The molecular formula is C22H23NO3S2. The fraction of sp³-hybridized carbons (Fsp3) is 0.227. The molecule has 0 saturated heterocycles. The lowest BCUT2D eigenvalue weighted by Gasteiger charge is -2.24. The summed E-state index contributed by atoms with van der Waals surface area (Å²) in [7, 11) is -4.09. The van der Waals surface area contributed by atoms with Gasteiger partial charge in [0, 0.05) is 17.7 Å². The number of sulfonamides is 1. The van der Waals surface area contributed by atoms with E-state index >= 15 is 0 Å². The van der Waals surface area contributed by atoms with Crippen molar-refractivity contribution in [3.05, 3.63) is 66.2 Å². The molecule has 146 valence electrons. The first-order chi connectivity index (χ1) is 13.3. The van der Waals surface area contributed by atoms with Crippen molar-refractivity contribution in [3.8, 4) is 12.3 Å². The zero-order valence-corrected chi connectivity index (χ0v) is 17.6. The summed E-state index contributed by atoms with van der Waals surface area (Å²) < 4.78 is 27.6. The lowest BCUT2D eigenvalue weighted by Crippen LogP contribution is -2.35. The highest BCUT2D eigenvalue weighted by Gasteiger charge is 2.32. The number of para-hydroxylation sites is 1. The molecule has 0 heterocycles. The van der Waals surface area contributed by atoms with Crippen molar-refractivity contribution in [2.75, 3.05) is 10.1 Å². The van der Waals surface area contributed by atoms with E-state index in [1.165, 1.54) is 12.1 Å². The van der Waals surface area contributed by atoms with E-state index in [1.807, 2.05) is 6.92 Å². The van der Waals surface area contributed by atoms with E-state index in [9.17, 15) is 13.2 Å². The second-order valence-corrected chi connectivity index (χ2v) is 9.13. The molecule has 0 aliphatic rings. The molecule has 0 atom stereocenters. The average molecular weight is 414 g/mol. The molecule has 6 heteroatoms. The minimum absolute atomic E-state index is 0.0622. The van der Waals surface area contributed by atoms with Crippen LogP contribution in [0.4, 0.5) is 10.5 Å². The first kappa shape index (κ1) is 21.8. The van der Waals surface area contributed by atoms with Crippen LogP contribution in [-0.2, 0) is 10.0 Å². The fourth-order valence-electron chi connectivity index (χ4n) is 2.55. The van der Waals surface area contributed by atoms with E-state index in [4.69, 9.17) is 6.42 Å². The zero-order valence-electron chi connectivity index (χ0n) is 16.0. The Balaban J connectivity index is 2.54. The Morgan fingerprint density at radius 3 is 2.43 bits per heavy atom. The summed E-state index contributed by atoms with van der Waals surface area (Å²) in [6.07, 6.45) is 6.41. The molecule has 28 heavy (non-hydrogen) atoms. The number of unbranched alkanes of at least 4 members (excludes halogenated alkanes) is 1. The summed E-state index contributed by atoms with van der Waals surface area (Å²) in [6, 6.07) is 13.3. The van der Waals surface area contributed by atoms with Gasteiger partial charge in [0.05, 0.1) is 10.6 Å². The van der Waals surface area contributed by atoms with Crippen molar-refractivity contribution in [2.45, 2.75) is 31.6 Å². The first-order valence-electron chi connectivity index (χ1n) is 8.76. The maximum Gasteiger partial charge on any atom is 0.300 e. The van der Waals surface area contributed by atoms with Crippen LogP contribution in [-0.4, -0.2) is 19.4 Å². The minimum Gasteiger partial charge on any atom is -0.260 e. The third-order valence-corrected chi connectivity index (χ3v) is 6.75. The van der Waals surface area contributed by atoms with E-state index in [0.29, 0.717) is 35.4 Å². The summed E-state index contributed by atoms with van der Waals surface area (Å²) in [6.45, 7) is 7.57. The number of anilines is 1. The number of carbonyl (C=O) groups is 1. The van der Waals surface area contributed by atoms with Crippen molar-refractivity contribution < 1.29 is 13.2 Å². The van der Waals surface area contributed by atoms with Crippen LogP contribution in [0.25, 0.3) is 5.57 Å². The van der Waals surface area contributed by atoms with Gasteiger partial charge in [-0.2, -0.15) is 4.31 Å². The molecule has 0 radical (unpaired) electrons. The number of benzene rings is 2. The van der Waals surface area contributed by atoms with Crippen LogP contribution in [0.1, 0.15) is 30.9 Å². The Kier molecular flexibility index (Phi) is 7.50. The highest BCUT2D eigenvalue weighted by Crippen LogP contribution is 2.33. The number of terminal acetylenes is 1. The lowest BCUT2D eigenvalue weighted by atomic mass is 10.1. The second kappa shape index (κ2) is 9.63. The van der Waals surface area contributed by atoms with Crippen molar-refractivity contribution in [1.82, 2.24) is 0 Å². The molecule has 0 N–H and O–H groups in total.